The van der Waals surface area contributed by atoms with Gasteiger partial charge >= 0.3 is 0 Å². The number of rotatable bonds is 4. The van der Waals surface area contributed by atoms with Gasteiger partial charge < -0.3 is 0 Å². The van der Waals surface area contributed by atoms with Crippen LogP contribution in [0.25, 0.3) is 0 Å². The first-order chi connectivity index (χ1) is 5.83. The normalized spacial score (nSPS) is 13.8. The fourth-order valence-electron chi connectivity index (χ4n) is 1.26. The maximum Gasteiger partial charge on any atom is 0.0550 e. The minimum absolute atomic E-state index is 0.0301. The molecule has 0 radical (unpaired) electrons. The second-order valence-corrected chi connectivity index (χ2v) is 5.43. The molecule has 0 N–H and O–H groups in total. The van der Waals surface area contributed by atoms with Gasteiger partial charge in [0.25, 0.3) is 0 Å². The topological polar surface area (TPSA) is 0 Å². The van der Waals surface area contributed by atoms with E-state index in [0.717, 1.165) is 5.92 Å². The monoisotopic (exact) mass is 178 g/mol. The summed E-state index contributed by atoms with van der Waals surface area (Å²) < 4.78 is 0. The van der Waals surface area contributed by atoms with Crippen LogP contribution in [0.3, 0.4) is 0 Å². The predicted molar refractivity (Wildman–Crippen MR) is 58.9 cm³/mol. The molecule has 0 fully saturated rings. The molecule has 1 aromatic carbocycles. The highest BCUT2D eigenvalue weighted by Gasteiger charge is 1.99. The molecule has 0 saturated heterocycles. The Labute approximate surface area is 77.8 Å². The third-order valence-corrected chi connectivity index (χ3v) is 4.79. The summed E-state index contributed by atoms with van der Waals surface area (Å²) in [4.78, 5) is 0. The van der Waals surface area contributed by atoms with Crippen LogP contribution in [0.2, 0.25) is 6.04 Å². The Morgan fingerprint density at radius 2 is 1.92 bits per heavy atom. The summed E-state index contributed by atoms with van der Waals surface area (Å²) >= 11 is 0. The molecule has 0 amide bonds. The van der Waals surface area contributed by atoms with E-state index in [-0.39, 0.29) is 9.52 Å². The van der Waals surface area contributed by atoms with Crippen molar-refractivity contribution in [3.8, 4) is 0 Å². The molecule has 1 rings (SSSR count). The Morgan fingerprint density at radius 1 is 1.25 bits per heavy atom. The van der Waals surface area contributed by atoms with Gasteiger partial charge in [0.05, 0.1) is 9.52 Å². The first-order valence-corrected chi connectivity index (χ1v) is 6.57. The van der Waals surface area contributed by atoms with Gasteiger partial charge in [-0.05, 0) is 5.92 Å². The van der Waals surface area contributed by atoms with Crippen LogP contribution >= 0.6 is 0 Å². The molecule has 0 heterocycles. The van der Waals surface area contributed by atoms with Crippen molar-refractivity contribution in [1.29, 1.82) is 0 Å². The van der Waals surface area contributed by atoms with Crippen molar-refractivity contribution in [2.75, 3.05) is 0 Å². The average Bonchev–Trinajstić information content (AvgIpc) is 2.16. The summed E-state index contributed by atoms with van der Waals surface area (Å²) in [7, 11) is 0.0301. The molecule has 1 aromatic rings. The first-order valence-electron chi connectivity index (χ1n) is 4.87. The van der Waals surface area contributed by atoms with E-state index in [1.54, 1.807) is 5.19 Å². The van der Waals surface area contributed by atoms with Gasteiger partial charge in [-0.15, -0.1) is 0 Å². The lowest BCUT2D eigenvalue weighted by Crippen LogP contribution is -2.15. The fourth-order valence-corrected chi connectivity index (χ4v) is 3.10. The van der Waals surface area contributed by atoms with Gasteiger partial charge in [0.2, 0.25) is 0 Å². The minimum Gasteiger partial charge on any atom is -0.0669 e. The Balaban J connectivity index is 2.33. The summed E-state index contributed by atoms with van der Waals surface area (Å²) in [5.74, 6) is 0.928. The van der Waals surface area contributed by atoms with Crippen LogP contribution in [0, 0.1) is 5.92 Å². The van der Waals surface area contributed by atoms with Crippen LogP contribution in [-0.4, -0.2) is 9.52 Å². The molecule has 12 heavy (non-hydrogen) atoms. The van der Waals surface area contributed by atoms with Crippen molar-refractivity contribution in [1.82, 2.24) is 0 Å². The van der Waals surface area contributed by atoms with Gasteiger partial charge in [-0.2, -0.15) is 0 Å². The lowest BCUT2D eigenvalue weighted by atomic mass is 10.2. The van der Waals surface area contributed by atoms with Crippen molar-refractivity contribution in [3.63, 3.8) is 0 Å². The molecular formula is C11H18Si. The first kappa shape index (κ1) is 9.52. The largest absolute Gasteiger partial charge is 0.0669 e. The second kappa shape index (κ2) is 5.15. The van der Waals surface area contributed by atoms with Crippen LogP contribution < -0.4 is 5.19 Å². The van der Waals surface area contributed by atoms with Gasteiger partial charge in [0, 0.05) is 0 Å². The van der Waals surface area contributed by atoms with E-state index < -0.39 is 0 Å². The van der Waals surface area contributed by atoms with Gasteiger partial charge in [-0.3, -0.25) is 0 Å². The van der Waals surface area contributed by atoms with Crippen molar-refractivity contribution >= 4 is 14.7 Å². The highest BCUT2D eigenvalue weighted by molar-refractivity contribution is 6.53. The molecule has 0 aliphatic carbocycles. The van der Waals surface area contributed by atoms with Crippen molar-refractivity contribution in [3.05, 3.63) is 30.3 Å². The summed E-state index contributed by atoms with van der Waals surface area (Å²) in [6.45, 7) is 4.64. The summed E-state index contributed by atoms with van der Waals surface area (Å²) in [5.41, 5.74) is 0. The molecule has 0 bridgehead atoms. The number of hydrogen-bond acceptors (Lipinski definition) is 0. The fraction of sp³-hybridized carbons (Fsp3) is 0.455. The lowest BCUT2D eigenvalue weighted by molar-refractivity contribution is 0.623. The molecule has 66 valence electrons. The average molecular weight is 178 g/mol. The molecule has 1 heteroatoms. The van der Waals surface area contributed by atoms with Crippen LogP contribution in [-0.2, 0) is 0 Å². The standard InChI is InChI=1S/C11H18Si/c1-3-10(2)9-12-11-7-5-4-6-8-11/h4-8,10H,3,9,12H2,1-2H3/t10-/m0/s1. The van der Waals surface area contributed by atoms with E-state index in [9.17, 15) is 0 Å². The lowest BCUT2D eigenvalue weighted by Gasteiger charge is -2.06. The Hall–Kier alpha value is -0.563. The van der Waals surface area contributed by atoms with Crippen LogP contribution in [0.1, 0.15) is 20.3 Å². The van der Waals surface area contributed by atoms with E-state index in [0.29, 0.717) is 0 Å². The Kier molecular flexibility index (Phi) is 4.09. The van der Waals surface area contributed by atoms with Gasteiger partial charge in [-0.25, -0.2) is 0 Å². The third kappa shape index (κ3) is 3.22. The molecule has 0 nitrogen and oxygen atoms in total. The summed E-state index contributed by atoms with van der Waals surface area (Å²) in [6.07, 6.45) is 1.33. The Morgan fingerprint density at radius 3 is 2.50 bits per heavy atom. The maximum absolute atomic E-state index is 2.36. The predicted octanol–water partition coefficient (Wildman–Crippen LogP) is 1.95. The Bertz CT molecular complexity index is 206. The summed E-state index contributed by atoms with van der Waals surface area (Å²) in [6, 6.07) is 12.4. The summed E-state index contributed by atoms with van der Waals surface area (Å²) in [5, 5.41) is 1.61. The van der Waals surface area contributed by atoms with Crippen LogP contribution in [0.15, 0.2) is 30.3 Å². The molecule has 0 saturated carbocycles. The van der Waals surface area contributed by atoms with Gasteiger partial charge in [0.15, 0.2) is 0 Å². The minimum atomic E-state index is 0.0301. The molecular weight excluding hydrogens is 160 g/mol. The van der Waals surface area contributed by atoms with E-state index in [1.165, 1.54) is 12.5 Å². The molecule has 0 spiro atoms. The van der Waals surface area contributed by atoms with E-state index in [1.807, 2.05) is 0 Å². The highest BCUT2D eigenvalue weighted by atomic mass is 28.2. The zero-order valence-electron chi connectivity index (χ0n) is 8.09. The third-order valence-electron chi connectivity index (χ3n) is 2.47. The number of benzene rings is 1. The second-order valence-electron chi connectivity index (χ2n) is 3.54. The number of hydrogen-bond donors (Lipinski definition) is 0. The molecule has 1 atom stereocenters. The van der Waals surface area contributed by atoms with E-state index >= 15 is 0 Å². The molecule has 0 aliphatic rings. The van der Waals surface area contributed by atoms with E-state index in [2.05, 4.69) is 44.2 Å². The van der Waals surface area contributed by atoms with Crippen LogP contribution in [0.5, 0.6) is 0 Å². The van der Waals surface area contributed by atoms with Gasteiger partial charge in [-0.1, -0.05) is 61.8 Å². The maximum atomic E-state index is 2.36. The van der Waals surface area contributed by atoms with Crippen molar-refractivity contribution in [2.24, 2.45) is 5.92 Å². The zero-order chi connectivity index (χ0) is 8.81. The quantitative estimate of drug-likeness (QED) is 0.618. The zero-order valence-corrected chi connectivity index (χ0v) is 9.50. The van der Waals surface area contributed by atoms with Crippen LogP contribution in [0.4, 0.5) is 0 Å². The molecule has 0 aliphatic heterocycles. The smallest absolute Gasteiger partial charge is 0.0550 e. The van der Waals surface area contributed by atoms with Crippen molar-refractivity contribution < 1.29 is 0 Å². The molecule has 0 aromatic heterocycles. The SMILES string of the molecule is CC[C@H](C)C[SiH2]c1ccccc1. The molecule has 0 unspecified atom stereocenters. The van der Waals surface area contributed by atoms with Crippen molar-refractivity contribution in [2.45, 2.75) is 26.3 Å². The van der Waals surface area contributed by atoms with Gasteiger partial charge in [0.1, 0.15) is 0 Å². The van der Waals surface area contributed by atoms with E-state index in [4.69, 9.17) is 0 Å². The highest BCUT2D eigenvalue weighted by Crippen LogP contribution is 2.05.